The van der Waals surface area contributed by atoms with Gasteiger partial charge in [0.1, 0.15) is 0 Å². The molecule has 0 atom stereocenters. The smallest absolute Gasteiger partial charge is 0.256 e. The summed E-state index contributed by atoms with van der Waals surface area (Å²) in [6.45, 7) is 5.16. The molecule has 1 aromatic carbocycles. The number of amides is 2. The van der Waals surface area contributed by atoms with E-state index in [1.807, 2.05) is 51.9 Å². The van der Waals surface area contributed by atoms with Crippen LogP contribution in [-0.2, 0) is 11.8 Å². The van der Waals surface area contributed by atoms with Gasteiger partial charge in [-0.1, -0.05) is 18.2 Å². The topological polar surface area (TPSA) is 48.8 Å². The fraction of sp³-hybridized carbons (Fsp3) is 0.500. The first-order valence-electron chi connectivity index (χ1n) is 9.47. The van der Waals surface area contributed by atoms with Gasteiger partial charge in [0.2, 0.25) is 5.91 Å². The molecular formula is C20H26N4O2. The third-order valence-electron chi connectivity index (χ3n) is 5.60. The summed E-state index contributed by atoms with van der Waals surface area (Å²) in [6.07, 6.45) is 4.17. The van der Waals surface area contributed by atoms with Gasteiger partial charge in [-0.15, -0.1) is 0 Å². The van der Waals surface area contributed by atoms with Gasteiger partial charge in [-0.25, -0.2) is 0 Å². The molecule has 0 spiro atoms. The zero-order valence-electron chi connectivity index (χ0n) is 15.4. The third-order valence-corrected chi connectivity index (χ3v) is 5.60. The molecule has 2 aromatic rings. The van der Waals surface area contributed by atoms with Crippen LogP contribution >= 0.6 is 0 Å². The van der Waals surface area contributed by atoms with Crippen LogP contribution in [0.5, 0.6) is 0 Å². The number of benzene rings is 1. The summed E-state index contributed by atoms with van der Waals surface area (Å²) in [4.78, 5) is 31.3. The molecule has 0 bridgehead atoms. The average molecular weight is 354 g/mol. The maximum absolute atomic E-state index is 13.0. The quantitative estimate of drug-likeness (QED) is 0.840. The number of carbonyl (C=O) groups is 2. The molecule has 2 aliphatic heterocycles. The molecule has 0 aliphatic carbocycles. The second-order valence-electron chi connectivity index (χ2n) is 7.33. The minimum Gasteiger partial charge on any atom is -0.350 e. The Morgan fingerprint density at radius 3 is 2.35 bits per heavy atom. The molecule has 6 nitrogen and oxygen atoms in total. The summed E-state index contributed by atoms with van der Waals surface area (Å²) in [5.41, 5.74) is 1.84. The Morgan fingerprint density at radius 1 is 0.923 bits per heavy atom. The van der Waals surface area contributed by atoms with Crippen LogP contribution in [0.3, 0.4) is 0 Å². The third kappa shape index (κ3) is 3.21. The van der Waals surface area contributed by atoms with E-state index < -0.39 is 0 Å². The van der Waals surface area contributed by atoms with Crippen molar-refractivity contribution in [2.75, 3.05) is 45.8 Å². The molecule has 6 heteroatoms. The Morgan fingerprint density at radius 2 is 1.62 bits per heavy atom. The Kier molecular flexibility index (Phi) is 4.68. The molecule has 26 heavy (non-hydrogen) atoms. The monoisotopic (exact) mass is 354 g/mol. The molecule has 2 saturated heterocycles. The number of aryl methyl sites for hydroxylation is 1. The zero-order valence-corrected chi connectivity index (χ0v) is 15.4. The first-order valence-corrected chi connectivity index (χ1v) is 9.47. The van der Waals surface area contributed by atoms with Crippen molar-refractivity contribution in [2.45, 2.75) is 12.8 Å². The van der Waals surface area contributed by atoms with E-state index in [1.54, 1.807) is 0 Å². The van der Waals surface area contributed by atoms with Gasteiger partial charge in [-0.3, -0.25) is 14.5 Å². The summed E-state index contributed by atoms with van der Waals surface area (Å²) in [5, 5.41) is 1.01. The van der Waals surface area contributed by atoms with Gasteiger partial charge < -0.3 is 14.4 Å². The number of nitrogens with zero attached hydrogens (tertiary/aromatic N) is 4. The van der Waals surface area contributed by atoms with Crippen molar-refractivity contribution in [3.8, 4) is 0 Å². The highest BCUT2D eigenvalue weighted by molar-refractivity contribution is 6.07. The Hall–Kier alpha value is -2.34. The van der Waals surface area contributed by atoms with Crippen molar-refractivity contribution < 1.29 is 9.59 Å². The normalized spacial score (nSPS) is 18.7. The highest BCUT2D eigenvalue weighted by Crippen LogP contribution is 2.22. The molecule has 1 aromatic heterocycles. The molecule has 2 aliphatic rings. The van der Waals surface area contributed by atoms with Crippen molar-refractivity contribution in [3.63, 3.8) is 0 Å². The SMILES string of the molecule is Cn1cc(C(=O)N2CCN(CC(=O)N3CCCC3)CC2)c2ccccc21. The van der Waals surface area contributed by atoms with E-state index >= 15 is 0 Å². The van der Waals surface area contributed by atoms with Crippen LogP contribution in [0.1, 0.15) is 23.2 Å². The van der Waals surface area contributed by atoms with Gasteiger partial charge in [0.15, 0.2) is 0 Å². The molecule has 3 heterocycles. The number of likely N-dealkylation sites (tertiary alicyclic amines) is 1. The van der Waals surface area contributed by atoms with E-state index in [0.29, 0.717) is 19.6 Å². The second kappa shape index (κ2) is 7.11. The fourth-order valence-electron chi connectivity index (χ4n) is 4.05. The summed E-state index contributed by atoms with van der Waals surface area (Å²) < 4.78 is 2.01. The van der Waals surface area contributed by atoms with E-state index in [4.69, 9.17) is 0 Å². The summed E-state index contributed by atoms with van der Waals surface area (Å²) >= 11 is 0. The average Bonchev–Trinajstić information content (AvgIpc) is 3.31. The number of carbonyl (C=O) groups excluding carboxylic acids is 2. The molecule has 138 valence electrons. The number of hydrogen-bond acceptors (Lipinski definition) is 3. The molecule has 2 fully saturated rings. The largest absolute Gasteiger partial charge is 0.350 e. The summed E-state index contributed by atoms with van der Waals surface area (Å²) in [5.74, 6) is 0.323. The van der Waals surface area contributed by atoms with Gasteiger partial charge in [-0.2, -0.15) is 0 Å². The van der Waals surface area contributed by atoms with E-state index in [1.165, 1.54) is 0 Å². The van der Waals surface area contributed by atoms with Crippen molar-refractivity contribution >= 4 is 22.7 Å². The molecule has 0 radical (unpaired) electrons. The fourth-order valence-corrected chi connectivity index (χ4v) is 4.05. The van der Waals surface area contributed by atoms with Crippen molar-refractivity contribution in [1.82, 2.24) is 19.3 Å². The molecule has 4 rings (SSSR count). The predicted molar refractivity (Wildman–Crippen MR) is 101 cm³/mol. The van der Waals surface area contributed by atoms with Gasteiger partial charge >= 0.3 is 0 Å². The van der Waals surface area contributed by atoms with Gasteiger partial charge in [0.05, 0.1) is 12.1 Å². The van der Waals surface area contributed by atoms with Crippen LogP contribution in [0.2, 0.25) is 0 Å². The lowest BCUT2D eigenvalue weighted by Gasteiger charge is -2.35. The first kappa shape index (κ1) is 17.1. The number of aromatic nitrogens is 1. The highest BCUT2D eigenvalue weighted by Gasteiger charge is 2.27. The first-order chi connectivity index (χ1) is 12.6. The van der Waals surface area contributed by atoms with Crippen LogP contribution in [0.15, 0.2) is 30.5 Å². The standard InChI is InChI=1S/C20H26N4O2/c1-21-14-17(16-6-2-3-7-18(16)21)20(26)24-12-10-22(11-13-24)15-19(25)23-8-4-5-9-23/h2-3,6-7,14H,4-5,8-13,15H2,1H3. The number of para-hydroxylation sites is 1. The zero-order chi connectivity index (χ0) is 18.1. The van der Waals surface area contributed by atoms with Crippen LogP contribution in [0.4, 0.5) is 0 Å². The van der Waals surface area contributed by atoms with Gasteiger partial charge in [-0.05, 0) is 18.9 Å². The maximum Gasteiger partial charge on any atom is 0.256 e. The van der Waals surface area contributed by atoms with Crippen LogP contribution in [0, 0.1) is 0 Å². The van der Waals surface area contributed by atoms with Gasteiger partial charge in [0, 0.05) is 63.4 Å². The number of rotatable bonds is 3. The van der Waals surface area contributed by atoms with Crippen molar-refractivity contribution in [2.24, 2.45) is 7.05 Å². The lowest BCUT2D eigenvalue weighted by molar-refractivity contribution is -0.131. The Labute approximate surface area is 154 Å². The van der Waals surface area contributed by atoms with Crippen LogP contribution in [-0.4, -0.2) is 76.9 Å². The molecule has 0 unspecified atom stereocenters. The molecule has 2 amide bonds. The lowest BCUT2D eigenvalue weighted by Crippen LogP contribution is -2.51. The molecular weight excluding hydrogens is 328 g/mol. The maximum atomic E-state index is 13.0. The van der Waals surface area contributed by atoms with Crippen molar-refractivity contribution in [1.29, 1.82) is 0 Å². The second-order valence-corrected chi connectivity index (χ2v) is 7.33. The van der Waals surface area contributed by atoms with Crippen LogP contribution < -0.4 is 0 Å². The van der Waals surface area contributed by atoms with E-state index in [9.17, 15) is 9.59 Å². The Bertz CT molecular complexity index is 814. The van der Waals surface area contributed by atoms with E-state index in [0.717, 1.165) is 55.5 Å². The predicted octanol–water partition coefficient (Wildman–Crippen LogP) is 1.56. The minimum atomic E-state index is 0.0901. The lowest BCUT2D eigenvalue weighted by atomic mass is 10.1. The Balaban J connectivity index is 1.38. The molecule has 0 N–H and O–H groups in total. The molecule has 0 saturated carbocycles. The number of piperazine rings is 1. The van der Waals surface area contributed by atoms with Gasteiger partial charge in [0.25, 0.3) is 5.91 Å². The number of hydrogen-bond donors (Lipinski definition) is 0. The number of fused-ring (bicyclic) bond motifs is 1. The summed E-state index contributed by atoms with van der Waals surface area (Å²) in [6, 6.07) is 8.01. The minimum absolute atomic E-state index is 0.0901. The summed E-state index contributed by atoms with van der Waals surface area (Å²) in [7, 11) is 1.97. The van der Waals surface area contributed by atoms with E-state index in [-0.39, 0.29) is 11.8 Å². The van der Waals surface area contributed by atoms with E-state index in [2.05, 4.69) is 4.90 Å². The van der Waals surface area contributed by atoms with Crippen molar-refractivity contribution in [3.05, 3.63) is 36.0 Å². The highest BCUT2D eigenvalue weighted by atomic mass is 16.2. The van der Waals surface area contributed by atoms with Crippen LogP contribution in [0.25, 0.3) is 10.9 Å².